The minimum absolute atomic E-state index is 0. The minimum atomic E-state index is -0.0236. The van der Waals surface area contributed by atoms with Gasteiger partial charge in [-0.25, -0.2) is 0 Å². The van der Waals surface area contributed by atoms with Crippen LogP contribution in [0.2, 0.25) is 0 Å². The molecule has 0 bridgehead atoms. The Kier molecular flexibility index (Phi) is 7.62. The summed E-state index contributed by atoms with van der Waals surface area (Å²) in [5.74, 6) is 1.45. The van der Waals surface area contributed by atoms with E-state index in [2.05, 4.69) is 67.8 Å². The molecule has 1 saturated heterocycles. The zero-order chi connectivity index (χ0) is 19.6. The van der Waals surface area contributed by atoms with Gasteiger partial charge in [-0.3, -0.25) is 4.90 Å². The summed E-state index contributed by atoms with van der Waals surface area (Å²) in [5.41, 5.74) is 4.57. The first-order valence-electron chi connectivity index (χ1n) is 9.91. The first-order chi connectivity index (χ1) is 12.9. The smallest absolute Gasteiger partial charge is 0.149 e. The first kappa shape index (κ1) is 22.4. The predicted octanol–water partition coefficient (Wildman–Crippen LogP) is 5.10. The van der Waals surface area contributed by atoms with Gasteiger partial charge in [-0.2, -0.15) is 0 Å². The lowest BCUT2D eigenvalue weighted by molar-refractivity contribution is 0.0349. The molecule has 1 N–H and O–H groups in total. The monoisotopic (exact) mass is 404 g/mol. The molecule has 1 heterocycles. The van der Waals surface area contributed by atoms with E-state index < -0.39 is 0 Å². The maximum absolute atomic E-state index is 10.2. The van der Waals surface area contributed by atoms with Gasteiger partial charge in [0.25, 0.3) is 0 Å². The van der Waals surface area contributed by atoms with Gasteiger partial charge < -0.3 is 14.7 Å². The Hall–Kier alpha value is -1.91. The van der Waals surface area contributed by atoms with Crippen molar-refractivity contribution < 1.29 is 9.84 Å². The summed E-state index contributed by atoms with van der Waals surface area (Å²) in [5, 5.41) is 10.2. The highest BCUT2D eigenvalue weighted by atomic mass is 35.5. The lowest BCUT2D eigenvalue weighted by Crippen LogP contribution is -2.51. The molecule has 2 aromatic rings. The van der Waals surface area contributed by atoms with Gasteiger partial charge in [-0.15, -0.1) is 12.4 Å². The van der Waals surface area contributed by atoms with Crippen molar-refractivity contribution in [3.63, 3.8) is 0 Å². The lowest BCUT2D eigenvalue weighted by atomic mass is 10.0. The van der Waals surface area contributed by atoms with Crippen LogP contribution in [0.4, 0.5) is 5.69 Å². The molecule has 1 aliphatic heterocycles. The molecule has 0 radical (unpaired) electrons. The Bertz CT molecular complexity index is 786. The van der Waals surface area contributed by atoms with Crippen molar-refractivity contribution >= 4 is 18.1 Å². The predicted molar refractivity (Wildman–Crippen MR) is 119 cm³/mol. The zero-order valence-electron chi connectivity index (χ0n) is 17.6. The summed E-state index contributed by atoms with van der Waals surface area (Å²) >= 11 is 0. The van der Waals surface area contributed by atoms with Crippen LogP contribution in [0.3, 0.4) is 0 Å². The molecule has 0 spiro atoms. The number of halogens is 1. The number of nitrogens with zero attached hydrogens (tertiary/aromatic N) is 2. The van der Waals surface area contributed by atoms with E-state index in [1.807, 2.05) is 13.0 Å². The summed E-state index contributed by atoms with van der Waals surface area (Å²) in [4.78, 5) is 4.82. The average molecular weight is 405 g/mol. The van der Waals surface area contributed by atoms with E-state index in [9.17, 15) is 5.11 Å². The number of piperazine rings is 1. The number of hydrogen-bond acceptors (Lipinski definition) is 4. The molecule has 2 aromatic carbocycles. The highest BCUT2D eigenvalue weighted by Gasteiger charge is 2.24. The molecule has 0 amide bonds. The van der Waals surface area contributed by atoms with E-state index in [0.717, 1.165) is 43.1 Å². The standard InChI is InChI=1S/C23H32N2O2.ClH/c1-16(2)20-14-22(26)18(4)23(15-20)27-19(5)24-10-12-25(13-11-24)21-9-7-6-8-17(21)3;/h6-9,14-16,19,26H,10-13H2,1-5H3;1H. The highest BCUT2D eigenvalue weighted by molar-refractivity contribution is 5.85. The summed E-state index contributed by atoms with van der Waals surface area (Å²) in [6.07, 6.45) is -0.0236. The number of hydrogen-bond donors (Lipinski definition) is 1. The normalized spacial score (nSPS) is 16.0. The Morgan fingerprint density at radius 2 is 1.61 bits per heavy atom. The Balaban J connectivity index is 0.00000280. The van der Waals surface area contributed by atoms with Crippen molar-refractivity contribution in [3.8, 4) is 11.5 Å². The van der Waals surface area contributed by atoms with Crippen molar-refractivity contribution in [2.45, 2.75) is 46.8 Å². The van der Waals surface area contributed by atoms with E-state index in [0.29, 0.717) is 11.7 Å². The fourth-order valence-corrected chi connectivity index (χ4v) is 3.65. The van der Waals surface area contributed by atoms with E-state index in [4.69, 9.17) is 4.74 Å². The molecule has 5 heteroatoms. The van der Waals surface area contributed by atoms with Crippen LogP contribution in [-0.2, 0) is 0 Å². The largest absolute Gasteiger partial charge is 0.508 e. The van der Waals surface area contributed by atoms with Crippen molar-refractivity contribution in [2.75, 3.05) is 31.1 Å². The zero-order valence-corrected chi connectivity index (χ0v) is 18.4. The Morgan fingerprint density at radius 1 is 0.964 bits per heavy atom. The van der Waals surface area contributed by atoms with Crippen LogP contribution in [-0.4, -0.2) is 42.4 Å². The van der Waals surface area contributed by atoms with E-state index in [-0.39, 0.29) is 18.6 Å². The summed E-state index contributed by atoms with van der Waals surface area (Å²) in [6, 6.07) is 12.5. The molecule has 1 unspecified atom stereocenters. The third-order valence-electron chi connectivity index (χ3n) is 5.60. The van der Waals surface area contributed by atoms with Crippen LogP contribution in [0.15, 0.2) is 36.4 Å². The SMILES string of the molecule is Cc1ccccc1N1CCN(C(C)Oc2cc(C(C)C)cc(O)c2C)CC1.Cl. The second kappa shape index (κ2) is 9.53. The molecule has 0 saturated carbocycles. The fourth-order valence-electron chi connectivity index (χ4n) is 3.65. The quantitative estimate of drug-likeness (QED) is 0.751. The molecule has 1 atom stereocenters. The van der Waals surface area contributed by atoms with Crippen LogP contribution < -0.4 is 9.64 Å². The highest BCUT2D eigenvalue weighted by Crippen LogP contribution is 2.33. The molecule has 0 aliphatic carbocycles. The van der Waals surface area contributed by atoms with Crippen molar-refractivity contribution in [2.24, 2.45) is 0 Å². The van der Waals surface area contributed by atoms with Crippen molar-refractivity contribution in [1.82, 2.24) is 4.90 Å². The summed E-state index contributed by atoms with van der Waals surface area (Å²) in [6.45, 7) is 14.4. The summed E-state index contributed by atoms with van der Waals surface area (Å²) in [7, 11) is 0. The van der Waals surface area contributed by atoms with Gasteiger partial charge in [0.1, 0.15) is 17.7 Å². The molecule has 0 aromatic heterocycles. The number of phenolic OH excluding ortho intramolecular Hbond substituents is 1. The van der Waals surface area contributed by atoms with Crippen LogP contribution in [0, 0.1) is 13.8 Å². The van der Waals surface area contributed by atoms with Gasteiger partial charge in [0, 0.05) is 37.4 Å². The molecular weight excluding hydrogens is 372 g/mol. The molecule has 154 valence electrons. The third kappa shape index (κ3) is 4.92. The number of phenols is 1. The van der Waals surface area contributed by atoms with Crippen molar-refractivity contribution in [3.05, 3.63) is 53.1 Å². The van der Waals surface area contributed by atoms with Gasteiger partial charge in [0.2, 0.25) is 0 Å². The maximum Gasteiger partial charge on any atom is 0.149 e. The Morgan fingerprint density at radius 3 is 2.21 bits per heavy atom. The number of aryl methyl sites for hydroxylation is 1. The van der Waals surface area contributed by atoms with E-state index in [1.54, 1.807) is 0 Å². The van der Waals surface area contributed by atoms with Crippen LogP contribution in [0.25, 0.3) is 0 Å². The first-order valence-corrected chi connectivity index (χ1v) is 9.91. The molecule has 28 heavy (non-hydrogen) atoms. The fraction of sp³-hybridized carbons (Fsp3) is 0.478. The van der Waals surface area contributed by atoms with Crippen LogP contribution in [0.5, 0.6) is 11.5 Å². The van der Waals surface area contributed by atoms with Gasteiger partial charge >= 0.3 is 0 Å². The van der Waals surface area contributed by atoms with Gasteiger partial charge in [0.05, 0.1) is 0 Å². The van der Waals surface area contributed by atoms with Gasteiger partial charge in [-0.1, -0.05) is 32.0 Å². The van der Waals surface area contributed by atoms with Crippen LogP contribution >= 0.6 is 12.4 Å². The molecule has 3 rings (SSSR count). The molecule has 1 aliphatic rings. The maximum atomic E-state index is 10.2. The molecule has 4 nitrogen and oxygen atoms in total. The van der Waals surface area contributed by atoms with Gasteiger partial charge in [0.15, 0.2) is 0 Å². The second-order valence-corrected chi connectivity index (χ2v) is 7.84. The number of para-hydroxylation sites is 1. The average Bonchev–Trinajstić information content (AvgIpc) is 2.65. The number of ether oxygens (including phenoxy) is 1. The third-order valence-corrected chi connectivity index (χ3v) is 5.60. The topological polar surface area (TPSA) is 35.9 Å². The number of anilines is 1. The van der Waals surface area contributed by atoms with E-state index >= 15 is 0 Å². The van der Waals surface area contributed by atoms with Gasteiger partial charge in [-0.05, 0) is 56.0 Å². The van der Waals surface area contributed by atoms with Crippen molar-refractivity contribution in [1.29, 1.82) is 0 Å². The minimum Gasteiger partial charge on any atom is -0.508 e. The number of benzene rings is 2. The summed E-state index contributed by atoms with van der Waals surface area (Å²) < 4.78 is 6.27. The number of rotatable bonds is 5. The van der Waals surface area contributed by atoms with Crippen LogP contribution in [0.1, 0.15) is 43.4 Å². The lowest BCUT2D eigenvalue weighted by Gasteiger charge is -2.39. The number of aromatic hydroxyl groups is 1. The Labute approximate surface area is 175 Å². The molecular formula is C23H33ClN2O2. The molecule has 1 fully saturated rings. The van der Waals surface area contributed by atoms with E-state index in [1.165, 1.54) is 11.3 Å². The second-order valence-electron chi connectivity index (χ2n) is 7.84.